The lowest BCUT2D eigenvalue weighted by molar-refractivity contribution is -0.120. The van der Waals surface area contributed by atoms with Crippen molar-refractivity contribution in [3.8, 4) is 0 Å². The minimum Gasteiger partial charge on any atom is -0.330 e. The Kier molecular flexibility index (Phi) is 3.47. The van der Waals surface area contributed by atoms with Crippen molar-refractivity contribution in [3.63, 3.8) is 0 Å². The van der Waals surface area contributed by atoms with E-state index >= 15 is 0 Å². The van der Waals surface area contributed by atoms with E-state index in [4.69, 9.17) is 5.73 Å². The van der Waals surface area contributed by atoms with Gasteiger partial charge in [0, 0.05) is 19.0 Å². The number of nitrogens with two attached hydrogens (primary N) is 1. The van der Waals surface area contributed by atoms with Crippen molar-refractivity contribution in [2.75, 3.05) is 11.9 Å². The van der Waals surface area contributed by atoms with Gasteiger partial charge in [-0.25, -0.2) is 0 Å². The van der Waals surface area contributed by atoms with E-state index < -0.39 is 0 Å². The van der Waals surface area contributed by atoms with Crippen LogP contribution in [0.5, 0.6) is 0 Å². The Hall–Kier alpha value is -1.36. The van der Waals surface area contributed by atoms with Crippen LogP contribution in [-0.2, 0) is 11.8 Å². The van der Waals surface area contributed by atoms with Gasteiger partial charge in [-0.2, -0.15) is 5.10 Å². The van der Waals surface area contributed by atoms with Crippen molar-refractivity contribution < 1.29 is 4.79 Å². The molecule has 1 fully saturated rings. The Morgan fingerprint density at radius 1 is 1.65 bits per heavy atom. The SMILES string of the molecule is Cc1cc(NC(=O)C2CCCC2CN)n(C)n1. The van der Waals surface area contributed by atoms with Gasteiger partial charge in [0.15, 0.2) is 0 Å². The van der Waals surface area contributed by atoms with Gasteiger partial charge in [-0.15, -0.1) is 0 Å². The number of anilines is 1. The van der Waals surface area contributed by atoms with Gasteiger partial charge >= 0.3 is 0 Å². The minimum absolute atomic E-state index is 0.0650. The Morgan fingerprint density at radius 2 is 2.41 bits per heavy atom. The second kappa shape index (κ2) is 4.87. The number of carbonyl (C=O) groups is 1. The highest BCUT2D eigenvalue weighted by molar-refractivity contribution is 5.92. The van der Waals surface area contributed by atoms with Gasteiger partial charge in [-0.3, -0.25) is 9.48 Å². The van der Waals surface area contributed by atoms with Crippen molar-refractivity contribution in [1.29, 1.82) is 0 Å². The van der Waals surface area contributed by atoms with Gasteiger partial charge in [0.05, 0.1) is 5.69 Å². The average Bonchev–Trinajstić information content (AvgIpc) is 2.85. The van der Waals surface area contributed by atoms with Crippen molar-refractivity contribution in [3.05, 3.63) is 11.8 Å². The fraction of sp³-hybridized carbons (Fsp3) is 0.667. The van der Waals surface area contributed by atoms with Gasteiger partial charge in [0.1, 0.15) is 5.82 Å². The van der Waals surface area contributed by atoms with Crippen molar-refractivity contribution >= 4 is 11.7 Å². The molecule has 1 aromatic rings. The number of hydrogen-bond acceptors (Lipinski definition) is 3. The summed E-state index contributed by atoms with van der Waals surface area (Å²) in [4.78, 5) is 12.1. The number of hydrogen-bond donors (Lipinski definition) is 2. The minimum atomic E-state index is 0.0650. The first-order valence-corrected chi connectivity index (χ1v) is 6.13. The Balaban J connectivity index is 2.04. The normalized spacial score (nSPS) is 23.9. The van der Waals surface area contributed by atoms with Gasteiger partial charge in [0.25, 0.3) is 0 Å². The van der Waals surface area contributed by atoms with E-state index in [-0.39, 0.29) is 11.8 Å². The first-order valence-electron chi connectivity index (χ1n) is 6.13. The molecule has 0 saturated heterocycles. The number of aromatic nitrogens is 2. The van der Waals surface area contributed by atoms with Crippen LogP contribution in [0.15, 0.2) is 6.07 Å². The standard InChI is InChI=1S/C12H20N4O/c1-8-6-11(16(2)15-8)14-12(17)10-5-3-4-9(10)7-13/h6,9-10H,3-5,7,13H2,1-2H3,(H,14,17). The summed E-state index contributed by atoms with van der Waals surface area (Å²) in [5.74, 6) is 1.25. The molecule has 0 spiro atoms. The zero-order valence-corrected chi connectivity index (χ0v) is 10.4. The maximum Gasteiger partial charge on any atom is 0.228 e. The molecular weight excluding hydrogens is 216 g/mol. The molecule has 1 saturated carbocycles. The number of rotatable bonds is 3. The number of amides is 1. The van der Waals surface area contributed by atoms with Crippen LogP contribution in [0.2, 0.25) is 0 Å². The van der Waals surface area contributed by atoms with Crippen LogP contribution in [0.1, 0.15) is 25.0 Å². The fourth-order valence-corrected chi connectivity index (χ4v) is 2.61. The quantitative estimate of drug-likeness (QED) is 0.823. The molecule has 1 heterocycles. The second-order valence-corrected chi connectivity index (χ2v) is 4.82. The summed E-state index contributed by atoms with van der Waals surface area (Å²) < 4.78 is 1.69. The highest BCUT2D eigenvalue weighted by Crippen LogP contribution is 2.31. The van der Waals surface area contributed by atoms with Crippen LogP contribution in [0, 0.1) is 18.8 Å². The largest absolute Gasteiger partial charge is 0.330 e. The van der Waals surface area contributed by atoms with E-state index in [9.17, 15) is 4.79 Å². The number of nitrogens with one attached hydrogen (secondary N) is 1. The summed E-state index contributed by atoms with van der Waals surface area (Å²) >= 11 is 0. The topological polar surface area (TPSA) is 72.9 Å². The molecule has 5 heteroatoms. The molecule has 1 aromatic heterocycles. The van der Waals surface area contributed by atoms with Crippen LogP contribution in [0.3, 0.4) is 0 Å². The van der Waals surface area contributed by atoms with Gasteiger partial charge < -0.3 is 11.1 Å². The highest BCUT2D eigenvalue weighted by atomic mass is 16.2. The zero-order valence-electron chi connectivity index (χ0n) is 10.4. The number of nitrogens with zero attached hydrogens (tertiary/aromatic N) is 2. The fourth-order valence-electron chi connectivity index (χ4n) is 2.61. The molecule has 2 atom stereocenters. The van der Waals surface area contributed by atoms with E-state index in [1.807, 2.05) is 20.0 Å². The average molecular weight is 236 g/mol. The highest BCUT2D eigenvalue weighted by Gasteiger charge is 2.32. The molecular formula is C12H20N4O. The van der Waals surface area contributed by atoms with Crippen LogP contribution in [-0.4, -0.2) is 22.2 Å². The van der Waals surface area contributed by atoms with Crippen LogP contribution < -0.4 is 11.1 Å². The molecule has 94 valence electrons. The number of aryl methyl sites for hydroxylation is 2. The predicted octanol–water partition coefficient (Wildman–Crippen LogP) is 1.04. The summed E-state index contributed by atoms with van der Waals surface area (Å²) in [6.07, 6.45) is 3.12. The molecule has 1 aliphatic carbocycles. The summed E-state index contributed by atoms with van der Waals surface area (Å²) in [5, 5.41) is 7.15. The lowest BCUT2D eigenvalue weighted by atomic mass is 9.95. The summed E-state index contributed by atoms with van der Waals surface area (Å²) in [6.45, 7) is 2.51. The van der Waals surface area contributed by atoms with Gasteiger partial charge in [0.2, 0.25) is 5.91 Å². The first kappa shape index (κ1) is 12.1. The summed E-state index contributed by atoms with van der Waals surface area (Å²) in [5.41, 5.74) is 6.60. The lowest BCUT2D eigenvalue weighted by Crippen LogP contribution is -2.30. The smallest absolute Gasteiger partial charge is 0.228 e. The first-order chi connectivity index (χ1) is 8.11. The van der Waals surface area contributed by atoms with Crippen LogP contribution in [0.4, 0.5) is 5.82 Å². The molecule has 0 bridgehead atoms. The van der Waals surface area contributed by atoms with Crippen LogP contribution >= 0.6 is 0 Å². The van der Waals surface area contributed by atoms with Crippen LogP contribution in [0.25, 0.3) is 0 Å². The molecule has 17 heavy (non-hydrogen) atoms. The maximum atomic E-state index is 12.1. The molecule has 2 rings (SSSR count). The second-order valence-electron chi connectivity index (χ2n) is 4.82. The Labute approximate surface area is 101 Å². The van der Waals surface area contributed by atoms with E-state index in [0.29, 0.717) is 12.5 Å². The van der Waals surface area contributed by atoms with Crippen molar-refractivity contribution in [1.82, 2.24) is 9.78 Å². The number of carbonyl (C=O) groups excluding carboxylic acids is 1. The van der Waals surface area contributed by atoms with E-state index in [1.54, 1.807) is 4.68 Å². The van der Waals surface area contributed by atoms with Gasteiger partial charge in [-0.1, -0.05) is 6.42 Å². The lowest BCUT2D eigenvalue weighted by Gasteiger charge is -2.17. The summed E-state index contributed by atoms with van der Waals surface area (Å²) in [7, 11) is 1.83. The molecule has 1 aliphatic rings. The van der Waals surface area contributed by atoms with Crippen molar-refractivity contribution in [2.45, 2.75) is 26.2 Å². The van der Waals surface area contributed by atoms with E-state index in [0.717, 1.165) is 30.8 Å². The monoisotopic (exact) mass is 236 g/mol. The molecule has 2 unspecified atom stereocenters. The zero-order chi connectivity index (χ0) is 12.4. The molecule has 0 radical (unpaired) electrons. The maximum absolute atomic E-state index is 12.1. The van der Waals surface area contributed by atoms with E-state index in [2.05, 4.69) is 10.4 Å². The van der Waals surface area contributed by atoms with E-state index in [1.165, 1.54) is 0 Å². The van der Waals surface area contributed by atoms with Gasteiger partial charge in [-0.05, 0) is 32.2 Å². The third kappa shape index (κ3) is 2.49. The Morgan fingerprint density at radius 3 is 3.00 bits per heavy atom. The molecule has 3 N–H and O–H groups in total. The molecule has 5 nitrogen and oxygen atoms in total. The molecule has 0 aliphatic heterocycles. The third-order valence-corrected chi connectivity index (χ3v) is 3.55. The molecule has 0 aromatic carbocycles. The molecule has 1 amide bonds. The van der Waals surface area contributed by atoms with Crippen molar-refractivity contribution in [2.24, 2.45) is 24.6 Å². The third-order valence-electron chi connectivity index (χ3n) is 3.55. The Bertz CT molecular complexity index is 413. The summed E-state index contributed by atoms with van der Waals surface area (Å²) in [6, 6.07) is 1.88. The predicted molar refractivity (Wildman–Crippen MR) is 66.5 cm³/mol.